The van der Waals surface area contributed by atoms with Gasteiger partial charge in [-0.1, -0.05) is 59.6 Å². The van der Waals surface area contributed by atoms with Crippen LogP contribution in [0.3, 0.4) is 0 Å². The maximum absolute atomic E-state index is 12.8. The second-order valence-electron chi connectivity index (χ2n) is 8.77. The van der Waals surface area contributed by atoms with E-state index in [1.165, 1.54) is 0 Å². The number of imide groups is 1. The summed E-state index contributed by atoms with van der Waals surface area (Å²) in [5.74, 6) is -0.735. The Hall–Kier alpha value is -3.37. The van der Waals surface area contributed by atoms with Crippen LogP contribution in [0.15, 0.2) is 66.7 Å². The number of rotatable bonds is 9. The van der Waals surface area contributed by atoms with Crippen molar-refractivity contribution in [2.45, 2.75) is 19.4 Å². The normalized spacial score (nSPS) is 11.6. The highest BCUT2D eigenvalue weighted by Crippen LogP contribution is 2.32. The molecule has 0 aliphatic carbocycles. The second kappa shape index (κ2) is 12.5. The molecule has 0 saturated carbocycles. The predicted octanol–water partition coefficient (Wildman–Crippen LogP) is 5.69. The molecule has 2 amide bonds. The first kappa shape index (κ1) is 27.2. The zero-order valence-corrected chi connectivity index (χ0v) is 22.0. The number of nitrogens with zero attached hydrogens (tertiary/aromatic N) is 3. The predicted molar refractivity (Wildman–Crippen MR) is 145 cm³/mol. The van der Waals surface area contributed by atoms with Gasteiger partial charge < -0.3 is 9.80 Å². The van der Waals surface area contributed by atoms with Gasteiger partial charge in [-0.3, -0.25) is 14.9 Å². The molecule has 6 nitrogen and oxygen atoms in total. The van der Waals surface area contributed by atoms with Gasteiger partial charge in [-0.2, -0.15) is 5.26 Å². The highest BCUT2D eigenvalue weighted by molar-refractivity contribution is 6.35. The number of hydrogen-bond donors (Lipinski definition) is 1. The van der Waals surface area contributed by atoms with Crippen LogP contribution in [0.5, 0.6) is 0 Å². The van der Waals surface area contributed by atoms with Crippen molar-refractivity contribution in [3.8, 4) is 17.2 Å². The van der Waals surface area contributed by atoms with E-state index >= 15 is 0 Å². The third-order valence-electron chi connectivity index (χ3n) is 5.74. The molecular weight excluding hydrogens is 495 g/mol. The van der Waals surface area contributed by atoms with E-state index in [9.17, 15) is 14.9 Å². The number of hydrogen-bond acceptors (Lipinski definition) is 5. The first-order chi connectivity index (χ1) is 17.2. The molecule has 8 heteroatoms. The first-order valence-corrected chi connectivity index (χ1v) is 12.2. The topological polar surface area (TPSA) is 76.4 Å². The maximum Gasteiger partial charge on any atom is 0.246 e. The molecule has 3 aromatic rings. The number of benzene rings is 3. The van der Waals surface area contributed by atoms with Gasteiger partial charge in [0.2, 0.25) is 11.8 Å². The molecule has 0 aliphatic rings. The van der Waals surface area contributed by atoms with Crippen molar-refractivity contribution in [3.63, 3.8) is 0 Å². The average Bonchev–Trinajstić information content (AvgIpc) is 2.85. The van der Waals surface area contributed by atoms with Crippen molar-refractivity contribution in [2.24, 2.45) is 0 Å². The molecule has 3 aromatic carbocycles. The molecule has 186 valence electrons. The van der Waals surface area contributed by atoms with Crippen LogP contribution < -0.4 is 10.2 Å². The molecule has 0 radical (unpaired) electrons. The Bertz CT molecular complexity index is 1250. The zero-order chi connectivity index (χ0) is 26.2. The van der Waals surface area contributed by atoms with Crippen molar-refractivity contribution >= 4 is 40.7 Å². The fourth-order valence-corrected chi connectivity index (χ4v) is 4.31. The fraction of sp³-hybridized carbons (Fsp3) is 0.250. The van der Waals surface area contributed by atoms with Crippen LogP contribution in [0.25, 0.3) is 11.1 Å². The van der Waals surface area contributed by atoms with Crippen molar-refractivity contribution in [1.29, 1.82) is 5.26 Å². The standard InChI is InChI=1S/C28H28Cl2N4O2/c1-19(21-7-9-22(10-8-21)23-6-4-5-20(13-23)17-31)34(26-15-24(29)14-25(30)16-26)18-28(36)32-27(35)11-12-33(2)3/h4-10,13-16,19H,11-12,18H2,1-3H3,(H,32,35,36)/t19-/m0/s1. The molecule has 0 spiro atoms. The molecule has 0 bridgehead atoms. The fourth-order valence-electron chi connectivity index (χ4n) is 3.80. The Morgan fingerprint density at radius 3 is 2.22 bits per heavy atom. The lowest BCUT2D eigenvalue weighted by atomic mass is 9.99. The van der Waals surface area contributed by atoms with Gasteiger partial charge in [0.15, 0.2) is 0 Å². The van der Waals surface area contributed by atoms with Crippen LogP contribution in [-0.2, 0) is 9.59 Å². The van der Waals surface area contributed by atoms with Gasteiger partial charge in [0.25, 0.3) is 0 Å². The van der Waals surface area contributed by atoms with Crippen molar-refractivity contribution in [3.05, 3.63) is 87.9 Å². The molecule has 0 aliphatic heterocycles. The van der Waals surface area contributed by atoms with Gasteiger partial charge in [-0.15, -0.1) is 0 Å². The third kappa shape index (κ3) is 7.56. The Labute approximate surface area is 222 Å². The number of amides is 2. The molecule has 1 N–H and O–H groups in total. The highest BCUT2D eigenvalue weighted by atomic mass is 35.5. The Morgan fingerprint density at radius 1 is 0.944 bits per heavy atom. The number of nitrogens with one attached hydrogen (secondary N) is 1. The monoisotopic (exact) mass is 522 g/mol. The molecule has 0 aromatic heterocycles. The van der Waals surface area contributed by atoms with E-state index in [0.29, 0.717) is 27.8 Å². The molecule has 0 saturated heterocycles. The second-order valence-corrected chi connectivity index (χ2v) is 9.64. The van der Waals surface area contributed by atoms with E-state index in [2.05, 4.69) is 11.4 Å². The summed E-state index contributed by atoms with van der Waals surface area (Å²) in [7, 11) is 3.74. The zero-order valence-electron chi connectivity index (χ0n) is 20.5. The van der Waals surface area contributed by atoms with Crippen LogP contribution in [0.4, 0.5) is 5.69 Å². The van der Waals surface area contributed by atoms with Crippen LogP contribution in [-0.4, -0.2) is 43.9 Å². The Kier molecular flexibility index (Phi) is 9.49. The molecule has 0 unspecified atom stereocenters. The summed E-state index contributed by atoms with van der Waals surface area (Å²) >= 11 is 12.5. The summed E-state index contributed by atoms with van der Waals surface area (Å²) in [5, 5.41) is 12.6. The summed E-state index contributed by atoms with van der Waals surface area (Å²) in [6.07, 6.45) is 0.228. The molecule has 0 heterocycles. The number of nitriles is 1. The van der Waals surface area contributed by atoms with E-state index in [0.717, 1.165) is 16.7 Å². The van der Waals surface area contributed by atoms with Crippen LogP contribution in [0, 0.1) is 11.3 Å². The van der Waals surface area contributed by atoms with Gasteiger partial charge in [0.1, 0.15) is 0 Å². The van der Waals surface area contributed by atoms with E-state index < -0.39 is 5.91 Å². The average molecular weight is 523 g/mol. The third-order valence-corrected chi connectivity index (χ3v) is 6.18. The minimum atomic E-state index is -0.411. The molecular formula is C28H28Cl2N4O2. The lowest BCUT2D eigenvalue weighted by Crippen LogP contribution is -2.41. The smallest absolute Gasteiger partial charge is 0.246 e. The number of carbonyl (C=O) groups is 2. The molecule has 1 atom stereocenters. The summed E-state index contributed by atoms with van der Waals surface area (Å²) in [4.78, 5) is 28.8. The Balaban J connectivity index is 1.85. The van der Waals surface area contributed by atoms with Crippen LogP contribution in [0.2, 0.25) is 10.0 Å². The summed E-state index contributed by atoms with van der Waals surface area (Å²) in [6.45, 7) is 2.46. The summed E-state index contributed by atoms with van der Waals surface area (Å²) < 4.78 is 0. The molecule has 36 heavy (non-hydrogen) atoms. The van der Waals surface area contributed by atoms with Crippen LogP contribution >= 0.6 is 23.2 Å². The molecule has 3 rings (SSSR count). The maximum atomic E-state index is 12.8. The number of halogens is 2. The quantitative estimate of drug-likeness (QED) is 0.390. The van der Waals surface area contributed by atoms with Gasteiger partial charge in [0, 0.05) is 28.7 Å². The number of carbonyl (C=O) groups excluding carboxylic acids is 2. The largest absolute Gasteiger partial charge is 0.355 e. The lowest BCUT2D eigenvalue weighted by Gasteiger charge is -2.31. The summed E-state index contributed by atoms with van der Waals surface area (Å²) in [6, 6.07) is 22.4. The lowest BCUT2D eigenvalue weighted by molar-refractivity contribution is -0.129. The van der Waals surface area contributed by atoms with Gasteiger partial charge in [-0.25, -0.2) is 0 Å². The van der Waals surface area contributed by atoms with E-state index in [-0.39, 0.29) is 24.9 Å². The van der Waals surface area contributed by atoms with E-state index in [1.807, 2.05) is 73.3 Å². The first-order valence-electron chi connectivity index (χ1n) is 11.5. The highest BCUT2D eigenvalue weighted by Gasteiger charge is 2.22. The van der Waals surface area contributed by atoms with Gasteiger partial charge >= 0.3 is 0 Å². The van der Waals surface area contributed by atoms with Crippen LogP contribution in [0.1, 0.15) is 30.5 Å². The van der Waals surface area contributed by atoms with Crippen molar-refractivity contribution < 1.29 is 9.59 Å². The van der Waals surface area contributed by atoms with Gasteiger partial charge in [0.05, 0.1) is 24.2 Å². The van der Waals surface area contributed by atoms with Crippen molar-refractivity contribution in [1.82, 2.24) is 10.2 Å². The number of anilines is 1. The van der Waals surface area contributed by atoms with Gasteiger partial charge in [-0.05, 0) is 68.0 Å². The Morgan fingerprint density at radius 2 is 1.61 bits per heavy atom. The SMILES string of the molecule is C[C@@H](c1ccc(-c2cccc(C#N)c2)cc1)N(CC(=O)NC(=O)CCN(C)C)c1cc(Cl)cc(Cl)c1. The van der Waals surface area contributed by atoms with Crippen molar-refractivity contribution in [2.75, 3.05) is 32.1 Å². The minimum Gasteiger partial charge on any atom is -0.355 e. The van der Waals surface area contributed by atoms with E-state index in [1.54, 1.807) is 24.3 Å². The molecule has 0 fully saturated rings. The summed E-state index contributed by atoms with van der Waals surface area (Å²) in [5.41, 5.74) is 4.15. The minimum absolute atomic E-state index is 0.0580. The van der Waals surface area contributed by atoms with E-state index in [4.69, 9.17) is 23.2 Å².